The van der Waals surface area contributed by atoms with Gasteiger partial charge in [0.05, 0.1) is 10.7 Å². The maximum Gasteiger partial charge on any atom is 0.413 e. The van der Waals surface area contributed by atoms with E-state index in [2.05, 4.69) is 27.9 Å². The van der Waals surface area contributed by atoms with E-state index in [9.17, 15) is 4.79 Å². The van der Waals surface area contributed by atoms with E-state index in [-0.39, 0.29) is 5.54 Å². The first kappa shape index (κ1) is 15.9. The van der Waals surface area contributed by atoms with E-state index in [1.807, 2.05) is 45.0 Å². The molecule has 2 aromatic rings. The van der Waals surface area contributed by atoms with Gasteiger partial charge in [-0.1, -0.05) is 6.07 Å². The van der Waals surface area contributed by atoms with Gasteiger partial charge >= 0.3 is 6.09 Å². The molecule has 0 saturated heterocycles. The van der Waals surface area contributed by atoms with Crippen molar-refractivity contribution < 1.29 is 14.3 Å². The lowest BCUT2D eigenvalue weighted by Crippen LogP contribution is -2.42. The Morgan fingerprint density at radius 1 is 1.14 bits per heavy atom. The normalized spacial score (nSPS) is 11.3. The fourth-order valence-electron chi connectivity index (χ4n) is 1.89. The summed E-state index contributed by atoms with van der Waals surface area (Å²) in [6.07, 6.45) is -0.459. The van der Waals surface area contributed by atoms with Crippen molar-refractivity contribution in [3.05, 3.63) is 33.9 Å². The van der Waals surface area contributed by atoms with Gasteiger partial charge < -0.3 is 14.8 Å². The maximum atomic E-state index is 11.8. The number of ether oxygens (including phenoxy) is 2. The molecule has 112 valence electrons. The SMILES string of the molecule is COc1cc2cc(OC(=O)NC(C)(C)C)ccc2cc1I. The Hall–Kier alpha value is -1.50. The zero-order chi connectivity index (χ0) is 15.6. The molecule has 0 spiro atoms. The summed E-state index contributed by atoms with van der Waals surface area (Å²) in [6, 6.07) is 9.51. The zero-order valence-electron chi connectivity index (χ0n) is 12.5. The molecule has 1 N–H and O–H groups in total. The van der Waals surface area contributed by atoms with E-state index >= 15 is 0 Å². The Morgan fingerprint density at radius 2 is 1.86 bits per heavy atom. The molecule has 5 heteroatoms. The van der Waals surface area contributed by atoms with Gasteiger partial charge in [-0.3, -0.25) is 0 Å². The molecule has 0 aromatic heterocycles. The molecular weight excluding hydrogens is 381 g/mol. The Bertz CT molecular complexity index is 677. The third kappa shape index (κ3) is 4.23. The van der Waals surface area contributed by atoms with E-state index in [1.165, 1.54) is 0 Å². The van der Waals surface area contributed by atoms with Crippen LogP contribution in [0.2, 0.25) is 0 Å². The van der Waals surface area contributed by atoms with Gasteiger partial charge in [-0.25, -0.2) is 4.79 Å². The minimum Gasteiger partial charge on any atom is -0.496 e. The van der Waals surface area contributed by atoms with Gasteiger partial charge in [0.25, 0.3) is 0 Å². The van der Waals surface area contributed by atoms with Crippen molar-refractivity contribution in [1.29, 1.82) is 0 Å². The Labute approximate surface area is 138 Å². The number of carbonyl (C=O) groups excluding carboxylic acids is 1. The number of halogens is 1. The number of carbonyl (C=O) groups is 1. The highest BCUT2D eigenvalue weighted by Crippen LogP contribution is 2.29. The molecule has 0 bridgehead atoms. The van der Waals surface area contributed by atoms with Crippen LogP contribution in [-0.4, -0.2) is 18.7 Å². The summed E-state index contributed by atoms with van der Waals surface area (Å²) in [6.45, 7) is 5.71. The minimum atomic E-state index is -0.459. The molecule has 0 atom stereocenters. The highest BCUT2D eigenvalue weighted by Gasteiger charge is 2.15. The molecule has 4 nitrogen and oxygen atoms in total. The highest BCUT2D eigenvalue weighted by atomic mass is 127. The Balaban J connectivity index is 2.26. The Morgan fingerprint density at radius 3 is 2.48 bits per heavy atom. The van der Waals surface area contributed by atoms with Crippen molar-refractivity contribution in [2.75, 3.05) is 7.11 Å². The van der Waals surface area contributed by atoms with E-state index in [1.54, 1.807) is 13.2 Å². The van der Waals surface area contributed by atoms with Crippen LogP contribution in [0.1, 0.15) is 20.8 Å². The number of rotatable bonds is 2. The van der Waals surface area contributed by atoms with Crippen molar-refractivity contribution in [2.45, 2.75) is 26.3 Å². The van der Waals surface area contributed by atoms with Gasteiger partial charge in [0.15, 0.2) is 0 Å². The number of nitrogens with one attached hydrogen (secondary N) is 1. The summed E-state index contributed by atoms with van der Waals surface area (Å²) in [7, 11) is 1.64. The van der Waals surface area contributed by atoms with Gasteiger partial charge in [0.2, 0.25) is 0 Å². The van der Waals surface area contributed by atoms with Crippen LogP contribution in [0.15, 0.2) is 30.3 Å². The van der Waals surface area contributed by atoms with Crippen LogP contribution >= 0.6 is 22.6 Å². The minimum absolute atomic E-state index is 0.326. The first-order valence-electron chi connectivity index (χ1n) is 6.56. The van der Waals surface area contributed by atoms with Crippen LogP contribution in [0.4, 0.5) is 4.79 Å². The predicted molar refractivity (Wildman–Crippen MR) is 92.1 cm³/mol. The largest absolute Gasteiger partial charge is 0.496 e. The summed E-state index contributed by atoms with van der Waals surface area (Å²) in [5.41, 5.74) is -0.326. The lowest BCUT2D eigenvalue weighted by atomic mass is 10.1. The van der Waals surface area contributed by atoms with E-state index in [0.717, 1.165) is 20.1 Å². The second kappa shape index (κ2) is 6.09. The molecule has 0 heterocycles. The fraction of sp³-hybridized carbons (Fsp3) is 0.312. The molecule has 0 fully saturated rings. The molecule has 2 aromatic carbocycles. The van der Waals surface area contributed by atoms with Crippen LogP contribution in [0.5, 0.6) is 11.5 Å². The topological polar surface area (TPSA) is 47.6 Å². The van der Waals surface area contributed by atoms with Crippen LogP contribution in [0.25, 0.3) is 10.8 Å². The first-order valence-corrected chi connectivity index (χ1v) is 7.64. The van der Waals surface area contributed by atoms with Crippen molar-refractivity contribution in [2.24, 2.45) is 0 Å². The maximum absolute atomic E-state index is 11.8. The van der Waals surface area contributed by atoms with Crippen LogP contribution in [0, 0.1) is 3.57 Å². The first-order chi connectivity index (χ1) is 9.78. The molecule has 0 unspecified atom stereocenters. The molecule has 0 aliphatic rings. The molecule has 0 radical (unpaired) electrons. The van der Waals surface area contributed by atoms with Crippen LogP contribution in [0.3, 0.4) is 0 Å². The average molecular weight is 399 g/mol. The molecule has 0 saturated carbocycles. The summed E-state index contributed by atoms with van der Waals surface area (Å²) >= 11 is 2.23. The number of amides is 1. The predicted octanol–water partition coefficient (Wildman–Crippen LogP) is 4.34. The number of fused-ring (bicyclic) bond motifs is 1. The summed E-state index contributed by atoms with van der Waals surface area (Å²) in [4.78, 5) is 11.8. The van der Waals surface area contributed by atoms with E-state index < -0.39 is 6.09 Å². The average Bonchev–Trinajstić information content (AvgIpc) is 2.36. The smallest absolute Gasteiger partial charge is 0.413 e. The van der Waals surface area contributed by atoms with Crippen molar-refractivity contribution in [3.63, 3.8) is 0 Å². The number of benzene rings is 2. The summed E-state index contributed by atoms with van der Waals surface area (Å²) in [5, 5.41) is 4.80. The van der Waals surface area contributed by atoms with Crippen molar-refractivity contribution in [3.8, 4) is 11.5 Å². The van der Waals surface area contributed by atoms with E-state index in [4.69, 9.17) is 9.47 Å². The van der Waals surface area contributed by atoms with Gasteiger partial charge in [-0.2, -0.15) is 0 Å². The second-order valence-corrected chi connectivity index (χ2v) is 6.92. The number of hydrogen-bond donors (Lipinski definition) is 1. The third-order valence-electron chi connectivity index (χ3n) is 2.77. The molecule has 0 aliphatic carbocycles. The summed E-state index contributed by atoms with van der Waals surface area (Å²) in [5.74, 6) is 1.31. The molecule has 1 amide bonds. The second-order valence-electron chi connectivity index (χ2n) is 5.76. The highest BCUT2D eigenvalue weighted by molar-refractivity contribution is 14.1. The van der Waals surface area contributed by atoms with Crippen molar-refractivity contribution in [1.82, 2.24) is 5.32 Å². The Kier molecular flexibility index (Phi) is 4.61. The molecule has 2 rings (SSSR count). The summed E-state index contributed by atoms with van der Waals surface area (Å²) < 4.78 is 11.7. The third-order valence-corrected chi connectivity index (χ3v) is 3.61. The molecule has 0 aliphatic heterocycles. The van der Waals surface area contributed by atoms with Gasteiger partial charge in [0, 0.05) is 5.54 Å². The van der Waals surface area contributed by atoms with Gasteiger partial charge in [-0.05, 0) is 78.4 Å². The lowest BCUT2D eigenvalue weighted by molar-refractivity contribution is 0.190. The molecular formula is C16H18INO3. The quantitative estimate of drug-likeness (QED) is 0.765. The van der Waals surface area contributed by atoms with Gasteiger partial charge in [-0.15, -0.1) is 0 Å². The van der Waals surface area contributed by atoms with Crippen molar-refractivity contribution >= 4 is 39.5 Å². The van der Waals surface area contributed by atoms with Crippen LogP contribution in [-0.2, 0) is 0 Å². The number of methoxy groups -OCH3 is 1. The van der Waals surface area contributed by atoms with Gasteiger partial charge in [0.1, 0.15) is 11.5 Å². The lowest BCUT2D eigenvalue weighted by Gasteiger charge is -2.19. The van der Waals surface area contributed by atoms with Crippen LogP contribution < -0.4 is 14.8 Å². The zero-order valence-corrected chi connectivity index (χ0v) is 14.6. The number of hydrogen-bond acceptors (Lipinski definition) is 3. The monoisotopic (exact) mass is 399 g/mol. The fourth-order valence-corrected chi connectivity index (χ4v) is 2.60. The standard InChI is InChI=1S/C16H18INO3/c1-16(2,3)18-15(19)21-12-6-5-10-8-13(17)14(20-4)9-11(10)7-12/h5-9H,1-4H3,(H,18,19). The van der Waals surface area contributed by atoms with E-state index in [0.29, 0.717) is 5.75 Å². The molecule has 21 heavy (non-hydrogen) atoms.